The Labute approximate surface area is 119 Å². The first kappa shape index (κ1) is 15.0. The molecule has 108 valence electrons. The maximum Gasteiger partial charge on any atom is 0.124 e. The second-order valence-electron chi connectivity index (χ2n) is 5.42. The molecule has 0 bridgehead atoms. The molecule has 1 saturated heterocycles. The van der Waals surface area contributed by atoms with Gasteiger partial charge in [0.1, 0.15) is 5.82 Å². The molecule has 3 nitrogen and oxygen atoms in total. The number of aliphatic hydroxyl groups is 1. The fraction of sp³-hybridized carbons (Fsp3) is 0.500. The largest absolute Gasteiger partial charge is 0.393 e. The summed E-state index contributed by atoms with van der Waals surface area (Å²) >= 11 is 0. The van der Waals surface area contributed by atoms with Crippen molar-refractivity contribution in [2.24, 2.45) is 11.7 Å². The number of piperidine rings is 1. The highest BCUT2D eigenvalue weighted by atomic mass is 19.1. The van der Waals surface area contributed by atoms with E-state index in [2.05, 4.69) is 16.7 Å². The summed E-state index contributed by atoms with van der Waals surface area (Å²) in [6.07, 6.45) is 0.556. The molecule has 0 amide bonds. The van der Waals surface area contributed by atoms with E-state index in [1.54, 1.807) is 6.07 Å². The molecular weight excluding hydrogens is 255 g/mol. The van der Waals surface area contributed by atoms with Crippen molar-refractivity contribution in [2.75, 3.05) is 19.6 Å². The second-order valence-corrected chi connectivity index (χ2v) is 5.42. The summed E-state index contributed by atoms with van der Waals surface area (Å²) in [6, 6.07) is 4.87. The van der Waals surface area contributed by atoms with Crippen molar-refractivity contribution in [3.05, 3.63) is 35.1 Å². The van der Waals surface area contributed by atoms with Gasteiger partial charge in [0.05, 0.1) is 12.6 Å². The molecule has 1 fully saturated rings. The van der Waals surface area contributed by atoms with Crippen LogP contribution >= 0.6 is 0 Å². The van der Waals surface area contributed by atoms with Crippen LogP contribution in [0, 0.1) is 23.6 Å². The number of aliphatic hydroxyl groups excluding tert-OH is 1. The van der Waals surface area contributed by atoms with Crippen LogP contribution in [0.5, 0.6) is 0 Å². The lowest BCUT2D eigenvalue weighted by atomic mass is 9.96. The van der Waals surface area contributed by atoms with Crippen LogP contribution in [0.25, 0.3) is 0 Å². The molecule has 0 aromatic heterocycles. The molecule has 2 unspecified atom stereocenters. The standard InChI is InChI=1S/C16H21FN2O/c1-12-10-19(6-4-16(12)20)11-14-7-13(3-2-5-18)8-15(17)9-14/h7-9,12,16,20H,4-6,10-11,18H2,1H3. The molecule has 1 aromatic rings. The van der Waals surface area contributed by atoms with E-state index in [0.717, 1.165) is 25.1 Å². The first-order valence-electron chi connectivity index (χ1n) is 6.97. The number of nitrogens with zero attached hydrogens (tertiary/aromatic N) is 1. The van der Waals surface area contributed by atoms with Gasteiger partial charge in [-0.1, -0.05) is 18.8 Å². The van der Waals surface area contributed by atoms with Gasteiger partial charge in [0.2, 0.25) is 0 Å². The maximum absolute atomic E-state index is 13.6. The lowest BCUT2D eigenvalue weighted by Gasteiger charge is -2.34. The number of nitrogens with two attached hydrogens (primary N) is 1. The fourth-order valence-electron chi connectivity index (χ4n) is 2.59. The summed E-state index contributed by atoms with van der Waals surface area (Å²) in [4.78, 5) is 2.24. The predicted octanol–water partition coefficient (Wildman–Crippen LogP) is 1.34. The van der Waals surface area contributed by atoms with E-state index in [1.165, 1.54) is 6.07 Å². The van der Waals surface area contributed by atoms with Crippen molar-refractivity contribution < 1.29 is 9.50 Å². The summed E-state index contributed by atoms with van der Waals surface area (Å²) in [5, 5.41) is 9.73. The highest BCUT2D eigenvalue weighted by molar-refractivity contribution is 5.38. The average Bonchev–Trinajstić information content (AvgIpc) is 2.40. The van der Waals surface area contributed by atoms with Gasteiger partial charge in [0, 0.05) is 25.2 Å². The van der Waals surface area contributed by atoms with Crippen LogP contribution in [0.1, 0.15) is 24.5 Å². The third kappa shape index (κ3) is 4.04. The molecule has 1 aliphatic rings. The minimum Gasteiger partial charge on any atom is -0.393 e. The van der Waals surface area contributed by atoms with E-state index < -0.39 is 0 Å². The SMILES string of the molecule is CC1CN(Cc2cc(F)cc(C#CCN)c2)CCC1O. The monoisotopic (exact) mass is 276 g/mol. The van der Waals surface area contributed by atoms with Gasteiger partial charge in [0.15, 0.2) is 0 Å². The Morgan fingerprint density at radius 3 is 2.95 bits per heavy atom. The van der Waals surface area contributed by atoms with Crippen molar-refractivity contribution in [1.29, 1.82) is 0 Å². The molecule has 0 radical (unpaired) electrons. The average molecular weight is 276 g/mol. The third-order valence-electron chi connectivity index (χ3n) is 3.64. The zero-order valence-corrected chi connectivity index (χ0v) is 11.8. The summed E-state index contributed by atoms with van der Waals surface area (Å²) in [6.45, 7) is 4.67. The molecular formula is C16H21FN2O. The molecule has 1 aliphatic heterocycles. The molecule has 20 heavy (non-hydrogen) atoms. The highest BCUT2D eigenvalue weighted by Crippen LogP contribution is 2.19. The van der Waals surface area contributed by atoms with Gasteiger partial charge in [-0.15, -0.1) is 0 Å². The first-order chi connectivity index (χ1) is 9.58. The predicted molar refractivity (Wildman–Crippen MR) is 77.4 cm³/mol. The third-order valence-corrected chi connectivity index (χ3v) is 3.64. The van der Waals surface area contributed by atoms with Crippen LogP contribution in [0.4, 0.5) is 4.39 Å². The quantitative estimate of drug-likeness (QED) is 0.801. The zero-order chi connectivity index (χ0) is 14.5. The van der Waals surface area contributed by atoms with Gasteiger partial charge < -0.3 is 10.8 Å². The molecule has 2 atom stereocenters. The van der Waals surface area contributed by atoms with E-state index >= 15 is 0 Å². The van der Waals surface area contributed by atoms with Crippen molar-refractivity contribution in [3.63, 3.8) is 0 Å². The Morgan fingerprint density at radius 1 is 1.45 bits per heavy atom. The van der Waals surface area contributed by atoms with Gasteiger partial charge in [0.25, 0.3) is 0 Å². The second kappa shape index (κ2) is 6.85. The van der Waals surface area contributed by atoms with Gasteiger partial charge >= 0.3 is 0 Å². The molecule has 3 N–H and O–H groups in total. The summed E-state index contributed by atoms with van der Waals surface area (Å²) < 4.78 is 13.6. The van der Waals surface area contributed by atoms with E-state index in [4.69, 9.17) is 5.73 Å². The Balaban J connectivity index is 2.07. The number of likely N-dealkylation sites (tertiary alicyclic amines) is 1. The number of hydrogen-bond acceptors (Lipinski definition) is 3. The molecule has 1 aromatic carbocycles. The minimum atomic E-state index is -0.270. The van der Waals surface area contributed by atoms with Gasteiger partial charge in [-0.3, -0.25) is 4.90 Å². The van der Waals surface area contributed by atoms with Crippen molar-refractivity contribution in [1.82, 2.24) is 4.90 Å². The Bertz CT molecular complexity index is 521. The molecule has 0 aliphatic carbocycles. The van der Waals surface area contributed by atoms with Crippen LogP contribution in [-0.2, 0) is 6.54 Å². The van der Waals surface area contributed by atoms with E-state index in [1.807, 2.05) is 13.0 Å². The smallest absolute Gasteiger partial charge is 0.124 e. The number of hydrogen-bond donors (Lipinski definition) is 2. The lowest BCUT2D eigenvalue weighted by molar-refractivity contribution is 0.0320. The van der Waals surface area contributed by atoms with Crippen LogP contribution in [0.2, 0.25) is 0 Å². The number of rotatable bonds is 2. The van der Waals surface area contributed by atoms with Gasteiger partial charge in [-0.2, -0.15) is 0 Å². The Kier molecular flexibility index (Phi) is 5.13. The Morgan fingerprint density at radius 2 is 2.25 bits per heavy atom. The van der Waals surface area contributed by atoms with Gasteiger partial charge in [-0.05, 0) is 36.1 Å². The highest BCUT2D eigenvalue weighted by Gasteiger charge is 2.24. The molecule has 0 spiro atoms. The van der Waals surface area contributed by atoms with Crippen molar-refractivity contribution in [3.8, 4) is 11.8 Å². The van der Waals surface area contributed by atoms with E-state index in [9.17, 15) is 9.50 Å². The van der Waals surface area contributed by atoms with Crippen molar-refractivity contribution >= 4 is 0 Å². The lowest BCUT2D eigenvalue weighted by Crippen LogP contribution is -2.41. The van der Waals surface area contributed by atoms with E-state index in [0.29, 0.717) is 12.1 Å². The molecule has 4 heteroatoms. The first-order valence-corrected chi connectivity index (χ1v) is 6.97. The molecule has 2 rings (SSSR count). The summed E-state index contributed by atoms with van der Waals surface area (Å²) in [5.74, 6) is 5.59. The van der Waals surface area contributed by atoms with Gasteiger partial charge in [-0.25, -0.2) is 4.39 Å². The maximum atomic E-state index is 13.6. The Hall–Kier alpha value is -1.41. The minimum absolute atomic E-state index is 0.218. The van der Waals surface area contributed by atoms with Crippen LogP contribution in [-0.4, -0.2) is 35.7 Å². The topological polar surface area (TPSA) is 49.5 Å². The zero-order valence-electron chi connectivity index (χ0n) is 11.8. The van der Waals surface area contributed by atoms with E-state index in [-0.39, 0.29) is 24.4 Å². The van der Waals surface area contributed by atoms with Crippen LogP contribution in [0.3, 0.4) is 0 Å². The van der Waals surface area contributed by atoms with Crippen molar-refractivity contribution in [2.45, 2.75) is 26.0 Å². The number of halogens is 1. The number of benzene rings is 1. The van der Waals surface area contributed by atoms with Crippen LogP contribution < -0.4 is 5.73 Å². The molecule has 0 saturated carbocycles. The summed E-state index contributed by atoms with van der Waals surface area (Å²) in [7, 11) is 0. The summed E-state index contributed by atoms with van der Waals surface area (Å²) in [5.41, 5.74) is 6.91. The van der Waals surface area contributed by atoms with Crippen LogP contribution in [0.15, 0.2) is 18.2 Å². The molecule has 1 heterocycles. The fourth-order valence-corrected chi connectivity index (χ4v) is 2.59. The normalized spacial score (nSPS) is 23.2.